The molecule has 0 heterocycles. The molecule has 2 rings (SSSR count). The fraction of sp³-hybridized carbons (Fsp3) is 0.222. The highest BCUT2D eigenvalue weighted by atomic mass is 16.1. The van der Waals surface area contributed by atoms with E-state index >= 15 is 0 Å². The predicted octanol–water partition coefficient (Wildman–Crippen LogP) is 2.33. The molecule has 0 aliphatic carbocycles. The predicted molar refractivity (Wildman–Crippen MR) is 94.3 cm³/mol. The normalized spacial score (nSPS) is 11.0. The summed E-state index contributed by atoms with van der Waals surface area (Å²) in [6, 6.07) is 19.5. The van der Waals surface area contributed by atoms with E-state index in [0.717, 1.165) is 12.2 Å². The maximum atomic E-state index is 12.0. The van der Waals surface area contributed by atoms with Crippen LogP contribution < -0.4 is 10.6 Å². The van der Waals surface area contributed by atoms with Crippen LogP contribution in [0.3, 0.4) is 0 Å². The number of nitrogens with zero attached hydrogens (tertiary/aromatic N) is 2. The second kappa shape index (κ2) is 8.58. The number of anilines is 1. The molecule has 0 unspecified atom stereocenters. The van der Waals surface area contributed by atoms with Crippen LogP contribution in [0.5, 0.6) is 0 Å². The first-order valence-corrected chi connectivity index (χ1v) is 7.49. The minimum absolute atomic E-state index is 0.106. The lowest BCUT2D eigenvalue weighted by Crippen LogP contribution is -2.42. The number of carbonyl (C=O) groups excluding carboxylic acids is 1. The molecule has 0 aliphatic rings. The molecule has 0 saturated carbocycles. The summed E-state index contributed by atoms with van der Waals surface area (Å²) in [6.07, 6.45) is 0. The molecular weight excluding hydrogens is 288 g/mol. The Balaban J connectivity index is 1.83. The SMILES string of the molecule is CN=C(NCC(=O)Nc1ccccc1)N(C)Cc1ccccc1. The summed E-state index contributed by atoms with van der Waals surface area (Å²) in [7, 11) is 3.65. The Labute approximate surface area is 137 Å². The molecule has 0 saturated heterocycles. The van der Waals surface area contributed by atoms with Gasteiger partial charge in [0.15, 0.2) is 5.96 Å². The van der Waals surface area contributed by atoms with Crippen LogP contribution >= 0.6 is 0 Å². The Morgan fingerprint density at radius 3 is 2.26 bits per heavy atom. The topological polar surface area (TPSA) is 56.7 Å². The summed E-state index contributed by atoms with van der Waals surface area (Å²) in [5, 5.41) is 5.91. The van der Waals surface area contributed by atoms with Crippen molar-refractivity contribution < 1.29 is 4.79 Å². The van der Waals surface area contributed by atoms with Crippen LogP contribution in [0.25, 0.3) is 0 Å². The Morgan fingerprint density at radius 2 is 1.65 bits per heavy atom. The van der Waals surface area contributed by atoms with Crippen LogP contribution in [0.2, 0.25) is 0 Å². The van der Waals surface area contributed by atoms with Gasteiger partial charge in [-0.05, 0) is 17.7 Å². The van der Waals surface area contributed by atoms with Crippen LogP contribution in [-0.2, 0) is 11.3 Å². The highest BCUT2D eigenvalue weighted by Crippen LogP contribution is 2.04. The second-order valence-corrected chi connectivity index (χ2v) is 5.16. The minimum Gasteiger partial charge on any atom is -0.347 e. The molecule has 5 heteroatoms. The van der Waals surface area contributed by atoms with Gasteiger partial charge in [-0.2, -0.15) is 0 Å². The third kappa shape index (κ3) is 5.47. The largest absolute Gasteiger partial charge is 0.347 e. The highest BCUT2D eigenvalue weighted by molar-refractivity contribution is 5.94. The smallest absolute Gasteiger partial charge is 0.243 e. The third-order valence-electron chi connectivity index (χ3n) is 3.30. The van der Waals surface area contributed by atoms with Crippen LogP contribution in [0.15, 0.2) is 65.7 Å². The van der Waals surface area contributed by atoms with Gasteiger partial charge in [-0.15, -0.1) is 0 Å². The van der Waals surface area contributed by atoms with E-state index in [1.807, 2.05) is 60.5 Å². The number of rotatable bonds is 5. The summed E-state index contributed by atoms with van der Waals surface area (Å²) in [5.41, 5.74) is 1.97. The third-order valence-corrected chi connectivity index (χ3v) is 3.30. The first-order valence-electron chi connectivity index (χ1n) is 7.49. The van der Waals surface area contributed by atoms with Crippen LogP contribution in [-0.4, -0.2) is 37.4 Å². The Bertz CT molecular complexity index is 641. The van der Waals surface area contributed by atoms with Crippen LogP contribution in [0.1, 0.15) is 5.56 Å². The summed E-state index contributed by atoms with van der Waals surface area (Å²) < 4.78 is 0. The number of hydrogen-bond acceptors (Lipinski definition) is 2. The van der Waals surface area contributed by atoms with Gasteiger partial charge in [-0.3, -0.25) is 9.79 Å². The summed E-state index contributed by atoms with van der Waals surface area (Å²) in [4.78, 5) is 18.2. The van der Waals surface area contributed by atoms with E-state index in [2.05, 4.69) is 27.8 Å². The van der Waals surface area contributed by atoms with Crippen molar-refractivity contribution in [3.63, 3.8) is 0 Å². The molecule has 2 N–H and O–H groups in total. The highest BCUT2D eigenvalue weighted by Gasteiger charge is 2.08. The molecule has 0 aromatic heterocycles. The number of nitrogens with one attached hydrogen (secondary N) is 2. The summed E-state index contributed by atoms with van der Waals surface area (Å²) in [5.74, 6) is 0.572. The van der Waals surface area contributed by atoms with Gasteiger partial charge in [-0.25, -0.2) is 0 Å². The molecule has 0 bridgehead atoms. The minimum atomic E-state index is -0.106. The van der Waals surface area contributed by atoms with E-state index in [1.54, 1.807) is 7.05 Å². The zero-order valence-electron chi connectivity index (χ0n) is 13.5. The van der Waals surface area contributed by atoms with Crippen molar-refractivity contribution in [2.24, 2.45) is 4.99 Å². The fourth-order valence-corrected chi connectivity index (χ4v) is 2.20. The number of guanidine groups is 1. The van der Waals surface area contributed by atoms with Gasteiger partial charge in [0.05, 0.1) is 6.54 Å². The number of para-hydroxylation sites is 1. The number of amides is 1. The molecular formula is C18H22N4O. The van der Waals surface area contributed by atoms with E-state index in [9.17, 15) is 4.79 Å². The fourth-order valence-electron chi connectivity index (χ4n) is 2.20. The van der Waals surface area contributed by atoms with Crippen molar-refractivity contribution in [2.45, 2.75) is 6.54 Å². The van der Waals surface area contributed by atoms with E-state index in [1.165, 1.54) is 5.56 Å². The maximum absolute atomic E-state index is 12.0. The van der Waals surface area contributed by atoms with Crippen molar-refractivity contribution >= 4 is 17.6 Å². The molecule has 0 radical (unpaired) electrons. The van der Waals surface area contributed by atoms with Crippen LogP contribution in [0, 0.1) is 0 Å². The zero-order chi connectivity index (χ0) is 16.5. The van der Waals surface area contributed by atoms with E-state index in [4.69, 9.17) is 0 Å². The molecule has 0 aliphatic heterocycles. The maximum Gasteiger partial charge on any atom is 0.243 e. The van der Waals surface area contributed by atoms with Gasteiger partial charge in [0.2, 0.25) is 5.91 Å². The number of aliphatic imine (C=N–C) groups is 1. The summed E-state index contributed by atoms with van der Waals surface area (Å²) in [6.45, 7) is 0.890. The average Bonchev–Trinajstić information content (AvgIpc) is 2.57. The van der Waals surface area contributed by atoms with Crippen molar-refractivity contribution in [1.29, 1.82) is 0 Å². The van der Waals surface area contributed by atoms with E-state index in [0.29, 0.717) is 5.96 Å². The Kier molecular flexibility index (Phi) is 6.17. The number of hydrogen-bond donors (Lipinski definition) is 2. The lowest BCUT2D eigenvalue weighted by Gasteiger charge is -2.22. The number of benzene rings is 2. The monoisotopic (exact) mass is 310 g/mol. The Hall–Kier alpha value is -2.82. The molecule has 120 valence electrons. The van der Waals surface area contributed by atoms with Crippen molar-refractivity contribution in [3.05, 3.63) is 66.2 Å². The van der Waals surface area contributed by atoms with Crippen molar-refractivity contribution in [2.75, 3.05) is 26.0 Å². The van der Waals surface area contributed by atoms with Gasteiger partial charge < -0.3 is 15.5 Å². The summed E-state index contributed by atoms with van der Waals surface area (Å²) >= 11 is 0. The van der Waals surface area contributed by atoms with Gasteiger partial charge in [0, 0.05) is 26.3 Å². The standard InChI is InChI=1S/C18H22N4O/c1-19-18(22(2)14-15-9-5-3-6-10-15)20-13-17(23)21-16-11-7-4-8-12-16/h3-12H,13-14H2,1-2H3,(H,19,20)(H,21,23). The number of carbonyl (C=O) groups is 1. The molecule has 2 aromatic rings. The molecule has 5 nitrogen and oxygen atoms in total. The van der Waals surface area contributed by atoms with E-state index in [-0.39, 0.29) is 12.5 Å². The van der Waals surface area contributed by atoms with Gasteiger partial charge >= 0.3 is 0 Å². The quantitative estimate of drug-likeness (QED) is 0.658. The lowest BCUT2D eigenvalue weighted by molar-refractivity contribution is -0.115. The second-order valence-electron chi connectivity index (χ2n) is 5.16. The first kappa shape index (κ1) is 16.5. The molecule has 0 spiro atoms. The van der Waals surface area contributed by atoms with Gasteiger partial charge in [0.25, 0.3) is 0 Å². The van der Waals surface area contributed by atoms with Gasteiger partial charge in [-0.1, -0.05) is 48.5 Å². The van der Waals surface area contributed by atoms with E-state index < -0.39 is 0 Å². The van der Waals surface area contributed by atoms with Crippen LogP contribution in [0.4, 0.5) is 5.69 Å². The molecule has 23 heavy (non-hydrogen) atoms. The zero-order valence-corrected chi connectivity index (χ0v) is 13.5. The van der Waals surface area contributed by atoms with Crippen molar-refractivity contribution in [3.8, 4) is 0 Å². The Morgan fingerprint density at radius 1 is 1.04 bits per heavy atom. The molecule has 1 amide bonds. The molecule has 2 aromatic carbocycles. The average molecular weight is 310 g/mol. The molecule has 0 fully saturated rings. The molecule has 0 atom stereocenters. The lowest BCUT2D eigenvalue weighted by atomic mass is 10.2. The first-order chi connectivity index (χ1) is 11.2. The van der Waals surface area contributed by atoms with Gasteiger partial charge in [0.1, 0.15) is 0 Å². The van der Waals surface area contributed by atoms with Crippen molar-refractivity contribution in [1.82, 2.24) is 10.2 Å².